The van der Waals surface area contributed by atoms with Crippen LogP contribution in [0.1, 0.15) is 31.2 Å². The molecule has 2 rings (SSSR count). The van der Waals surface area contributed by atoms with E-state index in [9.17, 15) is 9.59 Å². The first-order valence-electron chi connectivity index (χ1n) is 7.87. The lowest BCUT2D eigenvalue weighted by Crippen LogP contribution is -2.33. The summed E-state index contributed by atoms with van der Waals surface area (Å²) in [6.07, 6.45) is 2.79. The molecule has 0 bridgehead atoms. The van der Waals surface area contributed by atoms with Crippen molar-refractivity contribution in [3.8, 4) is 0 Å². The maximum atomic E-state index is 12.1. The zero-order chi connectivity index (χ0) is 15.9. The summed E-state index contributed by atoms with van der Waals surface area (Å²) in [5.41, 5.74) is 2.00. The molecular formula is C17H24N2O3. The van der Waals surface area contributed by atoms with Gasteiger partial charge in [0.05, 0.1) is 5.92 Å². The topological polar surface area (TPSA) is 69.6 Å². The highest BCUT2D eigenvalue weighted by atomic mass is 16.3. The zero-order valence-corrected chi connectivity index (χ0v) is 13.0. The third-order valence-electron chi connectivity index (χ3n) is 3.98. The maximum Gasteiger partial charge on any atom is 0.227 e. The van der Waals surface area contributed by atoms with E-state index in [0.29, 0.717) is 13.1 Å². The van der Waals surface area contributed by atoms with Crippen LogP contribution in [-0.4, -0.2) is 36.6 Å². The van der Waals surface area contributed by atoms with E-state index >= 15 is 0 Å². The number of benzene rings is 1. The summed E-state index contributed by atoms with van der Waals surface area (Å²) in [5.74, 6) is -0.317. The van der Waals surface area contributed by atoms with Gasteiger partial charge < -0.3 is 15.3 Å². The fourth-order valence-electron chi connectivity index (χ4n) is 2.63. The maximum absolute atomic E-state index is 12.1. The molecule has 1 aromatic rings. The van der Waals surface area contributed by atoms with Crippen LogP contribution in [-0.2, 0) is 9.59 Å². The Labute approximate surface area is 131 Å². The van der Waals surface area contributed by atoms with Crippen LogP contribution in [0.4, 0.5) is 5.69 Å². The van der Waals surface area contributed by atoms with Crippen LogP contribution in [0, 0.1) is 12.8 Å². The number of hydrogen-bond donors (Lipinski definition) is 2. The molecule has 2 amide bonds. The van der Waals surface area contributed by atoms with Crippen LogP contribution in [0.5, 0.6) is 0 Å². The monoisotopic (exact) mass is 304 g/mol. The van der Waals surface area contributed by atoms with Crippen molar-refractivity contribution in [2.24, 2.45) is 5.92 Å². The minimum Gasteiger partial charge on any atom is -0.396 e. The van der Waals surface area contributed by atoms with Crippen molar-refractivity contribution in [2.75, 3.05) is 24.6 Å². The molecule has 1 aliphatic rings. The highest BCUT2D eigenvalue weighted by Crippen LogP contribution is 2.25. The molecule has 0 spiro atoms. The van der Waals surface area contributed by atoms with Crippen LogP contribution in [0.2, 0.25) is 0 Å². The van der Waals surface area contributed by atoms with Gasteiger partial charge >= 0.3 is 0 Å². The summed E-state index contributed by atoms with van der Waals surface area (Å²) in [6, 6.07) is 7.78. The number of aliphatic hydroxyl groups excluding tert-OH is 1. The molecular weight excluding hydrogens is 280 g/mol. The zero-order valence-electron chi connectivity index (χ0n) is 13.0. The molecule has 0 aromatic heterocycles. The molecule has 1 saturated heterocycles. The lowest BCUT2D eigenvalue weighted by molar-refractivity contribution is -0.126. The number of rotatable bonds is 7. The Morgan fingerprint density at radius 3 is 2.68 bits per heavy atom. The van der Waals surface area contributed by atoms with Crippen molar-refractivity contribution >= 4 is 17.5 Å². The van der Waals surface area contributed by atoms with E-state index in [0.717, 1.165) is 30.5 Å². The highest BCUT2D eigenvalue weighted by Gasteiger charge is 2.34. The van der Waals surface area contributed by atoms with Gasteiger partial charge in [-0.15, -0.1) is 0 Å². The predicted octanol–water partition coefficient (Wildman–Crippen LogP) is 1.63. The van der Waals surface area contributed by atoms with E-state index in [-0.39, 0.29) is 30.8 Å². The summed E-state index contributed by atoms with van der Waals surface area (Å²) in [7, 11) is 0. The number of nitrogens with zero attached hydrogens (tertiary/aromatic N) is 1. The molecule has 0 aliphatic carbocycles. The Morgan fingerprint density at radius 1 is 1.27 bits per heavy atom. The fraction of sp³-hybridized carbons (Fsp3) is 0.529. The van der Waals surface area contributed by atoms with Crippen LogP contribution in [0.3, 0.4) is 0 Å². The smallest absolute Gasteiger partial charge is 0.227 e. The molecule has 5 nitrogen and oxygen atoms in total. The summed E-state index contributed by atoms with van der Waals surface area (Å²) in [6.45, 7) is 3.25. The van der Waals surface area contributed by atoms with Crippen LogP contribution < -0.4 is 10.2 Å². The number of carbonyl (C=O) groups excluding carboxylic acids is 2. The Hall–Kier alpha value is -1.88. The van der Waals surface area contributed by atoms with Crippen molar-refractivity contribution in [2.45, 2.75) is 32.6 Å². The number of nitrogens with one attached hydrogen (secondary N) is 1. The number of unbranched alkanes of at least 4 members (excludes halogenated alkanes) is 2. The largest absolute Gasteiger partial charge is 0.396 e. The second kappa shape index (κ2) is 7.94. The van der Waals surface area contributed by atoms with E-state index in [1.54, 1.807) is 4.90 Å². The average molecular weight is 304 g/mol. The molecule has 1 fully saturated rings. The summed E-state index contributed by atoms with van der Waals surface area (Å²) < 4.78 is 0. The number of hydrogen-bond acceptors (Lipinski definition) is 3. The summed E-state index contributed by atoms with van der Waals surface area (Å²) in [4.78, 5) is 25.9. The third kappa shape index (κ3) is 4.31. The van der Waals surface area contributed by atoms with Gasteiger partial charge in [0.25, 0.3) is 0 Å². The Morgan fingerprint density at radius 2 is 2.00 bits per heavy atom. The normalized spacial score (nSPS) is 17.8. The van der Waals surface area contributed by atoms with Crippen LogP contribution in [0.15, 0.2) is 24.3 Å². The van der Waals surface area contributed by atoms with E-state index in [2.05, 4.69) is 5.32 Å². The second-order valence-electron chi connectivity index (χ2n) is 5.82. The molecule has 0 radical (unpaired) electrons. The second-order valence-corrected chi connectivity index (χ2v) is 5.82. The Kier molecular flexibility index (Phi) is 5.95. The van der Waals surface area contributed by atoms with E-state index in [4.69, 9.17) is 5.11 Å². The number of aliphatic hydroxyl groups is 1. The van der Waals surface area contributed by atoms with Gasteiger partial charge in [0, 0.05) is 31.8 Å². The van der Waals surface area contributed by atoms with Gasteiger partial charge in [0.2, 0.25) is 11.8 Å². The molecule has 1 heterocycles. The number of anilines is 1. The van der Waals surface area contributed by atoms with Gasteiger partial charge in [0.1, 0.15) is 0 Å². The van der Waals surface area contributed by atoms with Gasteiger partial charge in [-0.3, -0.25) is 9.59 Å². The Balaban J connectivity index is 1.83. The van der Waals surface area contributed by atoms with Crippen molar-refractivity contribution < 1.29 is 14.7 Å². The first-order chi connectivity index (χ1) is 10.6. The van der Waals surface area contributed by atoms with Crippen molar-refractivity contribution in [3.05, 3.63) is 29.8 Å². The SMILES string of the molecule is Cc1ccc(N2CC(C(=O)NCCCCCO)CC2=O)cc1. The van der Waals surface area contributed by atoms with Crippen molar-refractivity contribution in [1.82, 2.24) is 5.32 Å². The van der Waals surface area contributed by atoms with E-state index < -0.39 is 0 Å². The lowest BCUT2D eigenvalue weighted by atomic mass is 10.1. The molecule has 0 saturated carbocycles. The van der Waals surface area contributed by atoms with E-state index in [1.807, 2.05) is 31.2 Å². The summed E-state index contributed by atoms with van der Waals surface area (Å²) in [5, 5.41) is 11.6. The fourth-order valence-corrected chi connectivity index (χ4v) is 2.63. The number of aryl methyl sites for hydroxylation is 1. The highest BCUT2D eigenvalue weighted by molar-refractivity contribution is 6.00. The third-order valence-corrected chi connectivity index (χ3v) is 3.98. The Bertz CT molecular complexity index is 513. The quantitative estimate of drug-likeness (QED) is 0.752. The number of carbonyl (C=O) groups is 2. The molecule has 1 atom stereocenters. The minimum atomic E-state index is -0.272. The van der Waals surface area contributed by atoms with Crippen LogP contribution >= 0.6 is 0 Å². The first-order valence-corrected chi connectivity index (χ1v) is 7.87. The predicted molar refractivity (Wildman–Crippen MR) is 85.6 cm³/mol. The van der Waals surface area contributed by atoms with Crippen molar-refractivity contribution in [1.29, 1.82) is 0 Å². The van der Waals surface area contributed by atoms with Gasteiger partial charge in [-0.05, 0) is 38.3 Å². The first kappa shape index (κ1) is 16.5. The molecule has 2 N–H and O–H groups in total. The molecule has 1 unspecified atom stereocenters. The lowest BCUT2D eigenvalue weighted by Gasteiger charge is -2.17. The van der Waals surface area contributed by atoms with Gasteiger partial charge in [0.15, 0.2) is 0 Å². The minimum absolute atomic E-state index is 0.00397. The van der Waals surface area contributed by atoms with Crippen molar-refractivity contribution in [3.63, 3.8) is 0 Å². The van der Waals surface area contributed by atoms with Gasteiger partial charge in [-0.1, -0.05) is 17.7 Å². The number of amides is 2. The molecule has 22 heavy (non-hydrogen) atoms. The van der Waals surface area contributed by atoms with Gasteiger partial charge in [-0.2, -0.15) is 0 Å². The van der Waals surface area contributed by atoms with E-state index in [1.165, 1.54) is 0 Å². The van der Waals surface area contributed by atoms with Crippen LogP contribution in [0.25, 0.3) is 0 Å². The average Bonchev–Trinajstić information content (AvgIpc) is 2.90. The molecule has 120 valence electrons. The molecule has 1 aliphatic heterocycles. The molecule has 5 heteroatoms. The molecule has 1 aromatic carbocycles. The standard InChI is InChI=1S/C17H24N2O3/c1-13-5-7-15(8-6-13)19-12-14(11-16(19)21)17(22)18-9-3-2-4-10-20/h5-8,14,20H,2-4,9-12H2,1H3,(H,18,22). The summed E-state index contributed by atoms with van der Waals surface area (Å²) >= 11 is 0. The van der Waals surface area contributed by atoms with Gasteiger partial charge in [-0.25, -0.2) is 0 Å².